The van der Waals surface area contributed by atoms with Crippen LogP contribution in [0.15, 0.2) is 11.4 Å². The lowest BCUT2D eigenvalue weighted by molar-refractivity contribution is 0.317. The third-order valence-electron chi connectivity index (χ3n) is 1.40. The Kier molecular flexibility index (Phi) is 3.66. The fourth-order valence-electron chi connectivity index (χ4n) is 0.836. The Morgan fingerprint density at radius 1 is 1.85 bits per heavy atom. The lowest BCUT2D eigenvalue weighted by Crippen LogP contribution is -2.28. The van der Waals surface area contributed by atoms with Gasteiger partial charge in [0.15, 0.2) is 5.84 Å². The first-order valence-corrected chi connectivity index (χ1v) is 4.62. The van der Waals surface area contributed by atoms with Gasteiger partial charge in [0.25, 0.3) is 0 Å². The zero-order chi connectivity index (χ0) is 9.68. The molecule has 0 aliphatic heterocycles. The summed E-state index contributed by atoms with van der Waals surface area (Å²) in [6.45, 7) is 3.03. The highest BCUT2D eigenvalue weighted by Crippen LogP contribution is 2.10. The predicted molar refractivity (Wildman–Crippen MR) is 52.0 cm³/mol. The normalized spacial score (nSPS) is 11.9. The Labute approximate surface area is 80.3 Å². The fourth-order valence-corrected chi connectivity index (χ4v) is 1.60. The first kappa shape index (κ1) is 9.94. The molecule has 0 radical (unpaired) electrons. The van der Waals surface area contributed by atoms with Gasteiger partial charge in [-0.2, -0.15) is 0 Å². The molecule has 6 heteroatoms. The molecule has 13 heavy (non-hydrogen) atoms. The largest absolute Gasteiger partial charge is 0.409 e. The van der Waals surface area contributed by atoms with Crippen LogP contribution in [0.3, 0.4) is 0 Å². The number of nitrogens with two attached hydrogens (primary N) is 1. The molecule has 4 N–H and O–H groups in total. The summed E-state index contributed by atoms with van der Waals surface area (Å²) >= 11 is 1.63. The molecule has 72 valence electrons. The number of thiazole rings is 1. The molecule has 1 rings (SSSR count). The highest BCUT2D eigenvalue weighted by molar-refractivity contribution is 7.11. The zero-order valence-electron chi connectivity index (χ0n) is 7.32. The van der Waals surface area contributed by atoms with Crippen LogP contribution in [0.2, 0.25) is 0 Å². The maximum Gasteiger partial charge on any atom is 0.153 e. The van der Waals surface area contributed by atoms with Gasteiger partial charge in [0.05, 0.1) is 11.6 Å². The number of rotatable bonds is 4. The van der Waals surface area contributed by atoms with Crippen LogP contribution in [0, 0.1) is 6.92 Å². The van der Waals surface area contributed by atoms with E-state index in [4.69, 9.17) is 10.9 Å². The Balaban J connectivity index is 2.28. The molecule has 1 aromatic rings. The van der Waals surface area contributed by atoms with Crippen LogP contribution < -0.4 is 11.1 Å². The Morgan fingerprint density at radius 2 is 2.62 bits per heavy atom. The minimum atomic E-state index is 0.182. The molecule has 1 aromatic heterocycles. The van der Waals surface area contributed by atoms with E-state index < -0.39 is 0 Å². The molecule has 0 saturated heterocycles. The van der Waals surface area contributed by atoms with Crippen LogP contribution >= 0.6 is 11.3 Å². The second kappa shape index (κ2) is 4.78. The van der Waals surface area contributed by atoms with Gasteiger partial charge in [-0.3, -0.25) is 0 Å². The average Bonchev–Trinajstić information content (AvgIpc) is 2.51. The van der Waals surface area contributed by atoms with Gasteiger partial charge >= 0.3 is 0 Å². The smallest absolute Gasteiger partial charge is 0.153 e. The van der Waals surface area contributed by atoms with Crippen molar-refractivity contribution in [1.82, 2.24) is 10.3 Å². The quantitative estimate of drug-likeness (QED) is 0.282. The van der Waals surface area contributed by atoms with E-state index in [0.29, 0.717) is 13.1 Å². The van der Waals surface area contributed by atoms with Crippen LogP contribution in [0.5, 0.6) is 0 Å². The van der Waals surface area contributed by atoms with E-state index in [1.54, 1.807) is 11.3 Å². The maximum absolute atomic E-state index is 8.25. The van der Waals surface area contributed by atoms with Gasteiger partial charge in [-0.1, -0.05) is 5.16 Å². The fraction of sp³-hybridized carbons (Fsp3) is 0.429. The van der Waals surface area contributed by atoms with Crippen molar-refractivity contribution in [1.29, 1.82) is 0 Å². The highest BCUT2D eigenvalue weighted by Gasteiger charge is 1.97. The molecular weight excluding hydrogens is 188 g/mol. The number of hydrogen-bond donors (Lipinski definition) is 3. The lowest BCUT2D eigenvalue weighted by Gasteiger charge is -1.99. The van der Waals surface area contributed by atoms with Crippen molar-refractivity contribution < 1.29 is 5.21 Å². The lowest BCUT2D eigenvalue weighted by atomic mass is 10.5. The van der Waals surface area contributed by atoms with Crippen molar-refractivity contribution in [2.24, 2.45) is 10.9 Å². The van der Waals surface area contributed by atoms with Gasteiger partial charge < -0.3 is 16.3 Å². The van der Waals surface area contributed by atoms with Gasteiger partial charge in [0, 0.05) is 17.6 Å². The van der Waals surface area contributed by atoms with Crippen molar-refractivity contribution in [3.63, 3.8) is 0 Å². The van der Waals surface area contributed by atoms with Crippen molar-refractivity contribution in [3.8, 4) is 0 Å². The minimum absolute atomic E-state index is 0.182. The molecule has 0 amide bonds. The first-order valence-electron chi connectivity index (χ1n) is 3.81. The van der Waals surface area contributed by atoms with E-state index in [1.165, 1.54) is 0 Å². The summed E-state index contributed by atoms with van der Waals surface area (Å²) in [4.78, 5) is 5.24. The molecule has 0 aliphatic rings. The van der Waals surface area contributed by atoms with Gasteiger partial charge in [-0.25, -0.2) is 4.98 Å². The van der Waals surface area contributed by atoms with E-state index in [-0.39, 0.29) is 5.84 Å². The monoisotopic (exact) mass is 200 g/mol. The average molecular weight is 200 g/mol. The molecule has 0 aromatic carbocycles. The molecule has 0 atom stereocenters. The molecule has 1 heterocycles. The molecule has 0 spiro atoms. The first-order chi connectivity index (χ1) is 6.22. The van der Waals surface area contributed by atoms with Crippen LogP contribution in [-0.2, 0) is 6.54 Å². The SMILES string of the molecule is Cc1ncc(CNCC(N)=NO)s1. The van der Waals surface area contributed by atoms with E-state index in [9.17, 15) is 0 Å². The predicted octanol–water partition coefficient (Wildman–Crippen LogP) is 0.288. The van der Waals surface area contributed by atoms with Crippen LogP contribution in [-0.4, -0.2) is 22.6 Å². The molecule has 0 saturated carbocycles. The van der Waals surface area contributed by atoms with E-state index in [1.807, 2.05) is 13.1 Å². The van der Waals surface area contributed by atoms with Gasteiger partial charge in [-0.05, 0) is 6.92 Å². The van der Waals surface area contributed by atoms with Gasteiger partial charge in [0.2, 0.25) is 0 Å². The number of hydrogen-bond acceptors (Lipinski definition) is 5. The second-order valence-corrected chi connectivity index (χ2v) is 3.86. The van der Waals surface area contributed by atoms with E-state index >= 15 is 0 Å². The molecule has 5 nitrogen and oxygen atoms in total. The second-order valence-electron chi connectivity index (χ2n) is 2.54. The summed E-state index contributed by atoms with van der Waals surface area (Å²) in [6.07, 6.45) is 1.82. The summed E-state index contributed by atoms with van der Waals surface area (Å²) in [5, 5.41) is 15.2. The Bertz CT molecular complexity index is 296. The molecule has 0 unspecified atom stereocenters. The molecule has 0 aliphatic carbocycles. The van der Waals surface area contributed by atoms with E-state index in [0.717, 1.165) is 9.88 Å². The number of nitrogens with one attached hydrogen (secondary N) is 1. The summed E-state index contributed by atoms with van der Waals surface area (Å²) in [7, 11) is 0. The molecule has 0 bridgehead atoms. The van der Waals surface area contributed by atoms with Crippen LogP contribution in [0.25, 0.3) is 0 Å². The molecule has 0 fully saturated rings. The standard InChI is InChI=1S/C7H12N4OS/c1-5-10-3-6(13-5)2-9-4-7(8)11-12/h3,9,12H,2,4H2,1H3,(H2,8,11). The Hall–Kier alpha value is -1.14. The topological polar surface area (TPSA) is 83.5 Å². The van der Waals surface area contributed by atoms with Crippen molar-refractivity contribution in [3.05, 3.63) is 16.1 Å². The third kappa shape index (κ3) is 3.39. The Morgan fingerprint density at radius 3 is 3.15 bits per heavy atom. The van der Waals surface area contributed by atoms with Crippen molar-refractivity contribution in [2.45, 2.75) is 13.5 Å². The summed E-state index contributed by atoms with van der Waals surface area (Å²) < 4.78 is 0. The minimum Gasteiger partial charge on any atom is -0.409 e. The van der Waals surface area contributed by atoms with Crippen LogP contribution in [0.1, 0.15) is 9.88 Å². The zero-order valence-corrected chi connectivity index (χ0v) is 8.14. The summed E-state index contributed by atoms with van der Waals surface area (Å²) in [6, 6.07) is 0. The highest BCUT2D eigenvalue weighted by atomic mass is 32.1. The van der Waals surface area contributed by atoms with Gasteiger partial charge in [0.1, 0.15) is 0 Å². The number of oxime groups is 1. The number of nitrogens with zero attached hydrogens (tertiary/aromatic N) is 2. The summed E-state index contributed by atoms with van der Waals surface area (Å²) in [5.74, 6) is 0.182. The van der Waals surface area contributed by atoms with Crippen molar-refractivity contribution in [2.75, 3.05) is 6.54 Å². The van der Waals surface area contributed by atoms with E-state index in [2.05, 4.69) is 15.5 Å². The number of amidine groups is 1. The van der Waals surface area contributed by atoms with Crippen molar-refractivity contribution >= 4 is 17.2 Å². The van der Waals surface area contributed by atoms with Gasteiger partial charge in [-0.15, -0.1) is 11.3 Å². The maximum atomic E-state index is 8.25. The number of aromatic nitrogens is 1. The van der Waals surface area contributed by atoms with Crippen LogP contribution in [0.4, 0.5) is 0 Å². The third-order valence-corrected chi connectivity index (χ3v) is 2.32. The number of aryl methyl sites for hydroxylation is 1. The molecular formula is C7H12N4OS. The summed E-state index contributed by atoms with van der Waals surface area (Å²) in [5.41, 5.74) is 5.27.